The van der Waals surface area contributed by atoms with Gasteiger partial charge in [-0.05, 0) is 101 Å². The van der Waals surface area contributed by atoms with Crippen LogP contribution in [0.2, 0.25) is 0 Å². The Morgan fingerprint density at radius 3 is 2.11 bits per heavy atom. The maximum Gasteiger partial charge on any atom is 0.335 e. The molecule has 0 aliphatic heterocycles. The molecular formula is C39H41N3O2S. The van der Waals surface area contributed by atoms with Gasteiger partial charge in [-0.15, -0.1) is 0 Å². The largest absolute Gasteiger partial charge is 0.478 e. The molecule has 5 nitrogen and oxygen atoms in total. The van der Waals surface area contributed by atoms with Crippen molar-refractivity contribution < 1.29 is 9.90 Å². The summed E-state index contributed by atoms with van der Waals surface area (Å²) in [5, 5.41) is 15.2. The van der Waals surface area contributed by atoms with Gasteiger partial charge in [0, 0.05) is 5.56 Å². The number of nitrogens with one attached hydrogen (secondary N) is 2. The van der Waals surface area contributed by atoms with E-state index in [1.165, 1.54) is 27.8 Å². The molecule has 3 N–H and O–H groups in total. The zero-order valence-electron chi connectivity index (χ0n) is 26.2. The molecule has 0 saturated heterocycles. The molecule has 4 aromatic carbocycles. The van der Waals surface area contributed by atoms with Crippen LogP contribution in [0.5, 0.6) is 0 Å². The third kappa shape index (κ3) is 8.99. The standard InChI is InChI=1S/C39H41N3O2S/c1-39(2,3)35-24-16-28(17-25-35)10-18-31-6-4-5-7-32(31)19-13-29(26-30-14-22-34(23-15-30)37(43)44)9-8-27-11-20-33(21-12-27)36-40-38(45)42-41-36/h4-7,11-17,19-25,29H,8-10,18,26H2,1-3H3,(H,43,44)(H2,40,41,42,45)/b19-13+. The zero-order valence-corrected chi connectivity index (χ0v) is 27.0. The van der Waals surface area contributed by atoms with Crippen molar-refractivity contribution in [3.8, 4) is 11.4 Å². The summed E-state index contributed by atoms with van der Waals surface area (Å²) >= 11 is 5.09. The van der Waals surface area contributed by atoms with E-state index in [0.717, 1.165) is 49.1 Å². The van der Waals surface area contributed by atoms with Gasteiger partial charge in [0.05, 0.1) is 5.56 Å². The fourth-order valence-corrected chi connectivity index (χ4v) is 5.70. The average Bonchev–Trinajstić information content (AvgIpc) is 3.48. The first-order chi connectivity index (χ1) is 21.6. The molecule has 0 fully saturated rings. The van der Waals surface area contributed by atoms with Crippen LogP contribution >= 0.6 is 12.2 Å². The van der Waals surface area contributed by atoms with E-state index in [2.05, 4.69) is 121 Å². The van der Waals surface area contributed by atoms with Crippen LogP contribution in [0, 0.1) is 10.7 Å². The van der Waals surface area contributed by atoms with Crippen LogP contribution < -0.4 is 0 Å². The van der Waals surface area contributed by atoms with Crippen molar-refractivity contribution in [2.75, 3.05) is 0 Å². The van der Waals surface area contributed by atoms with Crippen molar-refractivity contribution in [2.24, 2.45) is 5.92 Å². The Bertz CT molecular complexity index is 1790. The molecule has 0 bridgehead atoms. The van der Waals surface area contributed by atoms with Gasteiger partial charge in [0.25, 0.3) is 0 Å². The van der Waals surface area contributed by atoms with Crippen molar-refractivity contribution in [3.63, 3.8) is 0 Å². The summed E-state index contributed by atoms with van der Waals surface area (Å²) in [7, 11) is 0. The van der Waals surface area contributed by atoms with E-state index in [1.807, 2.05) is 12.1 Å². The molecule has 5 aromatic rings. The van der Waals surface area contributed by atoms with Gasteiger partial charge in [-0.3, -0.25) is 10.2 Å². The number of aromatic nitrogens is 3. The monoisotopic (exact) mass is 615 g/mol. The van der Waals surface area contributed by atoms with Crippen molar-refractivity contribution in [1.82, 2.24) is 15.2 Å². The van der Waals surface area contributed by atoms with E-state index in [4.69, 9.17) is 12.2 Å². The minimum atomic E-state index is -0.903. The van der Waals surface area contributed by atoms with Crippen molar-refractivity contribution in [2.45, 2.75) is 58.3 Å². The molecule has 1 atom stereocenters. The number of hydrogen-bond donors (Lipinski definition) is 3. The van der Waals surface area contributed by atoms with E-state index < -0.39 is 5.97 Å². The number of aryl methyl sites for hydroxylation is 3. The van der Waals surface area contributed by atoms with E-state index in [9.17, 15) is 9.90 Å². The molecule has 0 aliphatic rings. The molecule has 1 unspecified atom stereocenters. The smallest absolute Gasteiger partial charge is 0.335 e. The Kier molecular flexibility index (Phi) is 10.3. The second kappa shape index (κ2) is 14.5. The average molecular weight is 616 g/mol. The highest BCUT2D eigenvalue weighted by Crippen LogP contribution is 2.24. The van der Waals surface area contributed by atoms with Crippen LogP contribution in [-0.2, 0) is 31.1 Å². The van der Waals surface area contributed by atoms with Gasteiger partial charge in [0.2, 0.25) is 4.77 Å². The number of nitrogens with zero attached hydrogens (tertiary/aromatic N) is 1. The molecule has 6 heteroatoms. The quantitative estimate of drug-likeness (QED) is 0.122. The molecule has 0 amide bonds. The summed E-state index contributed by atoms with van der Waals surface area (Å²) in [6.07, 6.45) is 9.30. The molecular weight excluding hydrogens is 575 g/mol. The number of H-pyrrole nitrogens is 2. The summed E-state index contributed by atoms with van der Waals surface area (Å²) in [5.74, 6) is 0.109. The normalized spacial score (nSPS) is 12.4. The summed E-state index contributed by atoms with van der Waals surface area (Å²) in [6, 6.07) is 33.4. The predicted octanol–water partition coefficient (Wildman–Crippen LogP) is 9.42. The van der Waals surface area contributed by atoms with Gasteiger partial charge >= 0.3 is 5.97 Å². The Hall–Kier alpha value is -4.55. The topological polar surface area (TPSA) is 81.8 Å². The van der Waals surface area contributed by atoms with Crippen molar-refractivity contribution >= 4 is 24.3 Å². The Morgan fingerprint density at radius 2 is 1.47 bits per heavy atom. The van der Waals surface area contributed by atoms with Crippen LogP contribution in [-0.4, -0.2) is 26.3 Å². The molecule has 0 spiro atoms. The van der Waals surface area contributed by atoms with Crippen LogP contribution in [0.4, 0.5) is 0 Å². The lowest BCUT2D eigenvalue weighted by Crippen LogP contribution is -2.10. The third-order valence-corrected chi connectivity index (χ3v) is 8.53. The maximum absolute atomic E-state index is 11.4. The number of aromatic amines is 2. The number of rotatable bonds is 12. The van der Waals surface area contributed by atoms with E-state index in [0.29, 0.717) is 10.3 Å². The lowest BCUT2D eigenvalue weighted by molar-refractivity contribution is 0.0697. The van der Waals surface area contributed by atoms with E-state index in [-0.39, 0.29) is 11.3 Å². The highest BCUT2D eigenvalue weighted by atomic mass is 32.1. The Balaban J connectivity index is 1.30. The summed E-state index contributed by atoms with van der Waals surface area (Å²) in [4.78, 5) is 15.7. The lowest BCUT2D eigenvalue weighted by atomic mass is 9.86. The second-order valence-corrected chi connectivity index (χ2v) is 13.1. The molecule has 230 valence electrons. The van der Waals surface area contributed by atoms with Gasteiger partial charge in [-0.1, -0.05) is 118 Å². The summed E-state index contributed by atoms with van der Waals surface area (Å²) < 4.78 is 0.441. The molecule has 1 heterocycles. The van der Waals surface area contributed by atoms with Gasteiger partial charge in [0.15, 0.2) is 5.82 Å². The minimum absolute atomic E-state index is 0.156. The number of benzene rings is 4. The van der Waals surface area contributed by atoms with Crippen LogP contribution in [0.15, 0.2) is 103 Å². The highest BCUT2D eigenvalue weighted by molar-refractivity contribution is 7.71. The number of hydrogen-bond acceptors (Lipinski definition) is 3. The second-order valence-electron chi connectivity index (χ2n) is 12.7. The zero-order chi connectivity index (χ0) is 31.8. The summed E-state index contributed by atoms with van der Waals surface area (Å²) in [6.45, 7) is 6.74. The van der Waals surface area contributed by atoms with E-state index in [1.54, 1.807) is 12.1 Å². The third-order valence-electron chi connectivity index (χ3n) is 8.34. The first-order valence-electron chi connectivity index (χ1n) is 15.6. The number of carbonyl (C=O) groups is 1. The van der Waals surface area contributed by atoms with Crippen molar-refractivity contribution in [1.29, 1.82) is 0 Å². The number of allylic oxidation sites excluding steroid dienone is 1. The summed E-state index contributed by atoms with van der Waals surface area (Å²) in [5.41, 5.74) is 9.13. The fraction of sp³-hybridized carbons (Fsp3) is 0.256. The number of aromatic carboxylic acids is 1. The van der Waals surface area contributed by atoms with Crippen LogP contribution in [0.3, 0.4) is 0 Å². The van der Waals surface area contributed by atoms with Gasteiger partial charge in [0.1, 0.15) is 0 Å². The first kappa shape index (κ1) is 31.9. The Morgan fingerprint density at radius 1 is 0.822 bits per heavy atom. The molecule has 0 aliphatic carbocycles. The minimum Gasteiger partial charge on any atom is -0.478 e. The SMILES string of the molecule is CC(C)(C)c1ccc(CCc2ccccc2/C=C/C(CCc2ccc(-c3nc(=S)[nH][nH]3)cc2)Cc2ccc(C(=O)O)cc2)cc1. The highest BCUT2D eigenvalue weighted by Gasteiger charge is 2.13. The first-order valence-corrected chi connectivity index (χ1v) is 16.0. The predicted molar refractivity (Wildman–Crippen MR) is 186 cm³/mol. The molecule has 1 aromatic heterocycles. The molecule has 0 radical (unpaired) electrons. The van der Waals surface area contributed by atoms with Crippen molar-refractivity contribution in [3.05, 3.63) is 147 Å². The van der Waals surface area contributed by atoms with E-state index >= 15 is 0 Å². The molecule has 0 saturated carbocycles. The molecule has 5 rings (SSSR count). The Labute approximate surface area is 271 Å². The molecule has 45 heavy (non-hydrogen) atoms. The van der Waals surface area contributed by atoms with Gasteiger partial charge in [-0.25, -0.2) is 4.79 Å². The van der Waals surface area contributed by atoms with Crippen LogP contribution in [0.25, 0.3) is 17.5 Å². The fourth-order valence-electron chi connectivity index (χ4n) is 5.56. The maximum atomic E-state index is 11.4. The van der Waals surface area contributed by atoms with Crippen LogP contribution in [0.1, 0.15) is 70.9 Å². The lowest BCUT2D eigenvalue weighted by Gasteiger charge is -2.19. The van der Waals surface area contributed by atoms with Gasteiger partial charge in [-0.2, -0.15) is 4.98 Å². The number of carboxylic acids is 1. The van der Waals surface area contributed by atoms with Gasteiger partial charge < -0.3 is 5.11 Å². The number of carboxylic acid groups (broad SMARTS) is 1.